The summed E-state index contributed by atoms with van der Waals surface area (Å²) in [6.07, 6.45) is -0.0656. The van der Waals surface area contributed by atoms with Crippen LogP contribution in [-0.4, -0.2) is 41.9 Å². The maximum Gasteiger partial charge on any atom is 0.433 e. The van der Waals surface area contributed by atoms with Crippen molar-refractivity contribution in [3.05, 3.63) is 59.4 Å². The van der Waals surface area contributed by atoms with Crippen LogP contribution in [-0.2, 0) is 19.8 Å². The zero-order valence-corrected chi connectivity index (χ0v) is 21.3. The molecule has 0 aliphatic heterocycles. The molecule has 2 aliphatic carbocycles. The number of halogens is 5. The van der Waals surface area contributed by atoms with Crippen LogP contribution >= 0.6 is 0 Å². The van der Waals surface area contributed by atoms with Crippen LogP contribution in [0.5, 0.6) is 0 Å². The van der Waals surface area contributed by atoms with Crippen LogP contribution in [0.2, 0.25) is 0 Å². The number of alkyl halides is 5. The molecule has 2 atom stereocenters. The van der Waals surface area contributed by atoms with Crippen LogP contribution in [0.4, 0.5) is 22.0 Å². The smallest absolute Gasteiger partial charge is 0.320 e. The van der Waals surface area contributed by atoms with Crippen molar-refractivity contribution in [3.63, 3.8) is 0 Å². The first-order valence-electron chi connectivity index (χ1n) is 13.1. The van der Waals surface area contributed by atoms with Crippen LogP contribution in [0, 0.1) is 5.92 Å². The molecular weight excluding hydrogens is 517 g/mol. The Hall–Kier alpha value is -3.41. The van der Waals surface area contributed by atoms with Gasteiger partial charge in [0.1, 0.15) is 23.5 Å². The molecule has 0 radical (unpaired) electrons. The minimum absolute atomic E-state index is 0.00751. The Balaban J connectivity index is 1.38. The lowest BCUT2D eigenvalue weighted by Crippen LogP contribution is -2.28. The third kappa shape index (κ3) is 5.02. The van der Waals surface area contributed by atoms with E-state index in [2.05, 4.69) is 30.7 Å². The standard InChI is InChI=1S/C27H28F5N7/c1-39-14-34-38-25(39)22(15-4-2-5-15)16-6-3-7-17(10-16)23-19-11-21(27(30,31)32)35-20(24(19)37-36-23)13-33-18-8-9-26(28,29)12-18/h3,6-7,10-11,14-15,18,22,33H,2,4-5,8-9,12-13H2,1H3,(H,36,37)/t18-,22-/m0/s1. The summed E-state index contributed by atoms with van der Waals surface area (Å²) < 4.78 is 70.7. The Morgan fingerprint density at radius 1 is 1.18 bits per heavy atom. The molecule has 206 valence electrons. The minimum Gasteiger partial charge on any atom is -0.320 e. The molecule has 0 saturated heterocycles. The van der Waals surface area contributed by atoms with E-state index in [-0.39, 0.29) is 42.8 Å². The molecule has 1 aromatic carbocycles. The van der Waals surface area contributed by atoms with Crippen LogP contribution < -0.4 is 5.32 Å². The van der Waals surface area contributed by atoms with Gasteiger partial charge in [0.05, 0.1) is 11.2 Å². The third-order valence-corrected chi connectivity index (χ3v) is 8.05. The van der Waals surface area contributed by atoms with Crippen LogP contribution in [0.3, 0.4) is 0 Å². The average molecular weight is 546 g/mol. The zero-order valence-electron chi connectivity index (χ0n) is 21.3. The van der Waals surface area contributed by atoms with E-state index in [0.29, 0.717) is 22.7 Å². The van der Waals surface area contributed by atoms with Gasteiger partial charge in [-0.2, -0.15) is 18.3 Å². The molecule has 0 unspecified atom stereocenters. The summed E-state index contributed by atoms with van der Waals surface area (Å²) in [5.74, 6) is -1.50. The highest BCUT2D eigenvalue weighted by molar-refractivity contribution is 5.94. The summed E-state index contributed by atoms with van der Waals surface area (Å²) in [5, 5.41) is 18.9. The molecule has 2 fully saturated rings. The van der Waals surface area contributed by atoms with E-state index in [0.717, 1.165) is 36.7 Å². The number of nitrogens with one attached hydrogen (secondary N) is 2. The summed E-state index contributed by atoms with van der Waals surface area (Å²) in [6, 6.07) is 8.17. The fraction of sp³-hybridized carbons (Fsp3) is 0.481. The Morgan fingerprint density at radius 3 is 2.64 bits per heavy atom. The second-order valence-corrected chi connectivity index (χ2v) is 10.7. The Morgan fingerprint density at radius 2 is 2.00 bits per heavy atom. The molecule has 3 heterocycles. The van der Waals surface area contributed by atoms with E-state index < -0.39 is 23.8 Å². The van der Waals surface area contributed by atoms with Gasteiger partial charge < -0.3 is 9.88 Å². The lowest BCUT2D eigenvalue weighted by molar-refractivity contribution is -0.141. The number of aromatic nitrogens is 6. The van der Waals surface area contributed by atoms with Gasteiger partial charge in [-0.25, -0.2) is 13.8 Å². The number of benzene rings is 1. The van der Waals surface area contributed by atoms with E-state index >= 15 is 0 Å². The van der Waals surface area contributed by atoms with Gasteiger partial charge in [-0.3, -0.25) is 5.10 Å². The first-order chi connectivity index (χ1) is 18.6. The molecule has 0 spiro atoms. The fourth-order valence-corrected chi connectivity index (χ4v) is 5.80. The van der Waals surface area contributed by atoms with E-state index in [1.165, 1.54) is 0 Å². The molecule has 6 rings (SSSR count). The molecule has 2 N–H and O–H groups in total. The maximum absolute atomic E-state index is 13.9. The fourth-order valence-electron chi connectivity index (χ4n) is 5.80. The summed E-state index contributed by atoms with van der Waals surface area (Å²) in [4.78, 5) is 3.84. The highest BCUT2D eigenvalue weighted by atomic mass is 19.4. The second kappa shape index (κ2) is 9.65. The van der Waals surface area contributed by atoms with Crippen molar-refractivity contribution in [3.8, 4) is 11.3 Å². The van der Waals surface area contributed by atoms with Crippen LogP contribution in [0.1, 0.15) is 67.2 Å². The number of rotatable bonds is 7. The molecule has 0 bridgehead atoms. The molecule has 4 aromatic rings. The van der Waals surface area contributed by atoms with Gasteiger partial charge in [0.25, 0.3) is 0 Å². The normalized spacial score (nSPS) is 20.4. The number of fused-ring (bicyclic) bond motifs is 1. The van der Waals surface area contributed by atoms with Gasteiger partial charge in [0.15, 0.2) is 0 Å². The van der Waals surface area contributed by atoms with Crippen molar-refractivity contribution in [2.75, 3.05) is 0 Å². The van der Waals surface area contributed by atoms with Gasteiger partial charge in [-0.05, 0) is 42.9 Å². The monoisotopic (exact) mass is 545 g/mol. The highest BCUT2D eigenvalue weighted by Gasteiger charge is 2.40. The Bertz CT molecular complexity index is 1490. The molecule has 2 saturated carbocycles. The van der Waals surface area contributed by atoms with Gasteiger partial charge >= 0.3 is 6.18 Å². The molecule has 39 heavy (non-hydrogen) atoms. The average Bonchev–Trinajstić information content (AvgIpc) is 3.57. The third-order valence-electron chi connectivity index (χ3n) is 8.05. The molecule has 0 amide bonds. The topological polar surface area (TPSA) is 84.3 Å². The molecule has 2 aliphatic rings. The molecule has 12 heteroatoms. The van der Waals surface area contributed by atoms with Crippen molar-refractivity contribution in [1.82, 2.24) is 35.3 Å². The highest BCUT2D eigenvalue weighted by Crippen LogP contribution is 2.44. The zero-order chi connectivity index (χ0) is 27.4. The Kier molecular flexibility index (Phi) is 6.40. The number of hydrogen-bond acceptors (Lipinski definition) is 5. The minimum atomic E-state index is -4.68. The number of hydrogen-bond donors (Lipinski definition) is 2. The van der Waals surface area contributed by atoms with Crippen molar-refractivity contribution in [1.29, 1.82) is 0 Å². The summed E-state index contributed by atoms with van der Waals surface area (Å²) in [5.41, 5.74) is 1.44. The molecule has 7 nitrogen and oxygen atoms in total. The molecule has 3 aromatic heterocycles. The Labute approximate surface area is 221 Å². The number of H-pyrrole nitrogens is 1. The molecular formula is C27H28F5N7. The summed E-state index contributed by atoms with van der Waals surface area (Å²) in [7, 11) is 1.90. The predicted octanol–water partition coefficient (Wildman–Crippen LogP) is 5.98. The largest absolute Gasteiger partial charge is 0.433 e. The van der Waals surface area contributed by atoms with Crippen molar-refractivity contribution < 1.29 is 22.0 Å². The van der Waals surface area contributed by atoms with E-state index in [1.807, 2.05) is 35.9 Å². The van der Waals surface area contributed by atoms with Gasteiger partial charge in [-0.15, -0.1) is 10.2 Å². The predicted molar refractivity (Wildman–Crippen MR) is 134 cm³/mol. The first-order valence-corrected chi connectivity index (χ1v) is 13.1. The first kappa shape index (κ1) is 25.8. The second-order valence-electron chi connectivity index (χ2n) is 10.7. The van der Waals surface area contributed by atoms with Crippen LogP contribution in [0.15, 0.2) is 36.7 Å². The lowest BCUT2D eigenvalue weighted by atomic mass is 9.72. The summed E-state index contributed by atoms with van der Waals surface area (Å²) >= 11 is 0. The van der Waals surface area contributed by atoms with E-state index in [4.69, 9.17) is 0 Å². The van der Waals surface area contributed by atoms with E-state index in [9.17, 15) is 22.0 Å². The lowest BCUT2D eigenvalue weighted by Gasteiger charge is -2.33. The number of aromatic amines is 1. The quantitative estimate of drug-likeness (QED) is 0.279. The van der Waals surface area contributed by atoms with Gasteiger partial charge in [-0.1, -0.05) is 24.6 Å². The number of aryl methyl sites for hydroxylation is 1. The van der Waals surface area contributed by atoms with Gasteiger partial charge in [0.2, 0.25) is 5.92 Å². The van der Waals surface area contributed by atoms with Crippen molar-refractivity contribution in [2.45, 2.75) is 69.1 Å². The van der Waals surface area contributed by atoms with Crippen molar-refractivity contribution >= 4 is 10.9 Å². The maximum atomic E-state index is 13.9. The van der Waals surface area contributed by atoms with Crippen LogP contribution in [0.25, 0.3) is 22.2 Å². The van der Waals surface area contributed by atoms with Crippen molar-refractivity contribution in [2.24, 2.45) is 13.0 Å². The number of nitrogens with zero attached hydrogens (tertiary/aromatic N) is 5. The number of pyridine rings is 1. The van der Waals surface area contributed by atoms with Gasteiger partial charge in [0, 0.05) is 49.3 Å². The van der Waals surface area contributed by atoms with E-state index in [1.54, 1.807) is 6.33 Å². The summed E-state index contributed by atoms with van der Waals surface area (Å²) in [6.45, 7) is -0.0846. The SMILES string of the molecule is Cn1cnnc1[C@H](c1cccc(-c2n[nH]c3c(CN[C@H]4CCC(F)(F)C4)nc(C(F)(F)F)cc23)c1)C1CCC1.